The summed E-state index contributed by atoms with van der Waals surface area (Å²) in [4.78, 5) is 18.0. The number of sulfonamides is 1. The Morgan fingerprint density at radius 2 is 1.89 bits per heavy atom. The predicted molar refractivity (Wildman–Crippen MR) is 100 cm³/mol. The van der Waals surface area contributed by atoms with E-state index in [-0.39, 0.29) is 17.0 Å². The number of hydrogen-bond acceptors (Lipinski definition) is 7. The van der Waals surface area contributed by atoms with Crippen molar-refractivity contribution in [2.24, 2.45) is 5.16 Å². The number of benzene rings is 2. The van der Waals surface area contributed by atoms with Crippen molar-refractivity contribution in [1.29, 1.82) is 0 Å². The lowest BCUT2D eigenvalue weighted by Gasteiger charge is -2.18. The van der Waals surface area contributed by atoms with Crippen LogP contribution in [0.5, 0.6) is 11.5 Å². The summed E-state index contributed by atoms with van der Waals surface area (Å²) in [5, 5.41) is 4.07. The lowest BCUT2D eigenvalue weighted by atomic mass is 10.0. The van der Waals surface area contributed by atoms with Crippen LogP contribution in [0.15, 0.2) is 52.5 Å². The molecule has 0 aliphatic carbocycles. The third-order valence-corrected chi connectivity index (χ3v) is 6.54. The zero-order valence-corrected chi connectivity index (χ0v) is 16.1. The number of nitrogens with zero attached hydrogens (tertiary/aromatic N) is 2. The van der Waals surface area contributed by atoms with Crippen molar-refractivity contribution in [3.8, 4) is 11.5 Å². The maximum Gasteiger partial charge on any atom is 0.269 e. The van der Waals surface area contributed by atoms with Crippen molar-refractivity contribution in [1.82, 2.24) is 4.31 Å². The number of hydrogen-bond donors (Lipinski definition) is 0. The average Bonchev–Trinajstić information content (AvgIpc) is 3.25. The number of carbonyl (C=O) groups excluding carboxylic acids is 1. The van der Waals surface area contributed by atoms with Gasteiger partial charge in [0.05, 0.1) is 32.0 Å². The van der Waals surface area contributed by atoms with Crippen molar-refractivity contribution in [3.63, 3.8) is 0 Å². The summed E-state index contributed by atoms with van der Waals surface area (Å²) in [6.07, 6.45) is -0.193. The van der Waals surface area contributed by atoms with Crippen molar-refractivity contribution in [2.75, 3.05) is 20.8 Å². The Kier molecular flexibility index (Phi) is 4.46. The Bertz CT molecular complexity index is 1080. The minimum Gasteiger partial charge on any atom is -0.493 e. The summed E-state index contributed by atoms with van der Waals surface area (Å²) < 4.78 is 36.7. The van der Waals surface area contributed by atoms with Crippen molar-refractivity contribution in [2.45, 2.75) is 17.4 Å². The van der Waals surface area contributed by atoms with Gasteiger partial charge in [-0.2, -0.15) is 0 Å². The highest BCUT2D eigenvalue weighted by atomic mass is 32.2. The first-order chi connectivity index (χ1) is 13.5. The van der Waals surface area contributed by atoms with Gasteiger partial charge in [0.15, 0.2) is 17.6 Å². The SMILES string of the molecule is COc1ccc(C2=NOC(CN3C(=O)c4ccccc4S3(=O)=O)C2)cc1OC. The average molecular weight is 402 g/mol. The number of ether oxygens (including phenoxy) is 2. The molecular formula is C19H18N2O6S. The smallest absolute Gasteiger partial charge is 0.269 e. The third kappa shape index (κ3) is 2.88. The fraction of sp³-hybridized carbons (Fsp3) is 0.263. The maximum absolute atomic E-state index is 12.7. The van der Waals surface area contributed by atoms with Gasteiger partial charge in [0.1, 0.15) is 4.90 Å². The molecule has 2 heterocycles. The standard InChI is InChI=1S/C19H18N2O6S/c1-25-16-8-7-12(9-17(16)26-2)15-10-13(27-20-15)11-21-19(22)14-5-3-4-6-18(14)28(21,23)24/h3-9,13H,10-11H2,1-2H3. The van der Waals surface area contributed by atoms with Crippen LogP contribution in [-0.4, -0.2) is 51.2 Å². The third-order valence-electron chi connectivity index (χ3n) is 4.73. The van der Waals surface area contributed by atoms with Crippen LogP contribution in [0.3, 0.4) is 0 Å². The molecule has 1 unspecified atom stereocenters. The number of oxime groups is 1. The Labute approximate surface area is 162 Å². The fourth-order valence-electron chi connectivity index (χ4n) is 3.31. The molecule has 0 fully saturated rings. The van der Waals surface area contributed by atoms with Crippen LogP contribution in [0.1, 0.15) is 22.3 Å². The molecule has 2 aromatic carbocycles. The van der Waals surface area contributed by atoms with Crippen LogP contribution < -0.4 is 9.47 Å². The van der Waals surface area contributed by atoms with Crippen LogP contribution in [0, 0.1) is 0 Å². The van der Waals surface area contributed by atoms with E-state index in [1.54, 1.807) is 38.5 Å². The highest BCUT2D eigenvalue weighted by molar-refractivity contribution is 7.90. The fourth-order valence-corrected chi connectivity index (χ4v) is 4.91. The summed E-state index contributed by atoms with van der Waals surface area (Å²) in [7, 11) is -0.777. The first-order valence-corrected chi connectivity index (χ1v) is 10.0. The Balaban J connectivity index is 1.51. The van der Waals surface area contributed by atoms with Gasteiger partial charge < -0.3 is 14.3 Å². The molecular weight excluding hydrogens is 384 g/mol. The van der Waals surface area contributed by atoms with Crippen LogP contribution in [0.25, 0.3) is 0 Å². The molecule has 146 valence electrons. The molecule has 1 atom stereocenters. The predicted octanol–water partition coefficient (Wildman–Crippen LogP) is 2.04. The molecule has 0 bridgehead atoms. The van der Waals surface area contributed by atoms with Gasteiger partial charge >= 0.3 is 0 Å². The Morgan fingerprint density at radius 3 is 2.61 bits per heavy atom. The van der Waals surface area contributed by atoms with Gasteiger partial charge in [0.25, 0.3) is 15.9 Å². The van der Waals surface area contributed by atoms with Gasteiger partial charge in [0.2, 0.25) is 0 Å². The lowest BCUT2D eigenvalue weighted by Crippen LogP contribution is -2.37. The monoisotopic (exact) mass is 402 g/mol. The molecule has 0 spiro atoms. The molecule has 8 nitrogen and oxygen atoms in total. The quantitative estimate of drug-likeness (QED) is 0.760. The molecule has 0 N–H and O–H groups in total. The first kappa shape index (κ1) is 18.3. The molecule has 0 radical (unpaired) electrons. The van der Waals surface area contributed by atoms with E-state index in [0.29, 0.717) is 23.6 Å². The Morgan fingerprint density at radius 1 is 1.14 bits per heavy atom. The van der Waals surface area contributed by atoms with Crippen LogP contribution in [0.2, 0.25) is 0 Å². The van der Waals surface area contributed by atoms with Crippen molar-refractivity contribution in [3.05, 3.63) is 53.6 Å². The molecule has 2 aromatic rings. The number of rotatable bonds is 5. The molecule has 2 aliphatic rings. The summed E-state index contributed by atoms with van der Waals surface area (Å²) in [6, 6.07) is 11.5. The largest absolute Gasteiger partial charge is 0.493 e. The highest BCUT2D eigenvalue weighted by Gasteiger charge is 2.43. The van der Waals surface area contributed by atoms with Gasteiger partial charge in [-0.25, -0.2) is 12.7 Å². The van der Waals surface area contributed by atoms with Crippen molar-refractivity contribution >= 4 is 21.6 Å². The summed E-state index contributed by atoms with van der Waals surface area (Å²) in [5.41, 5.74) is 1.60. The highest BCUT2D eigenvalue weighted by Crippen LogP contribution is 2.32. The molecule has 4 rings (SSSR count). The maximum atomic E-state index is 12.7. The van der Waals surface area contributed by atoms with E-state index in [1.165, 1.54) is 12.1 Å². The van der Waals surface area contributed by atoms with E-state index in [0.717, 1.165) is 9.87 Å². The number of amides is 1. The van der Waals surface area contributed by atoms with Gasteiger partial charge in [-0.3, -0.25) is 4.79 Å². The zero-order chi connectivity index (χ0) is 19.9. The molecule has 0 saturated carbocycles. The van der Waals surface area contributed by atoms with Crippen LogP contribution in [-0.2, 0) is 14.9 Å². The van der Waals surface area contributed by atoms with Gasteiger partial charge in [-0.15, -0.1) is 0 Å². The molecule has 28 heavy (non-hydrogen) atoms. The first-order valence-electron chi connectivity index (χ1n) is 8.57. The van der Waals surface area contributed by atoms with Gasteiger partial charge in [0, 0.05) is 12.0 Å². The molecule has 2 aliphatic heterocycles. The second-order valence-electron chi connectivity index (χ2n) is 6.38. The van der Waals surface area contributed by atoms with Crippen LogP contribution >= 0.6 is 0 Å². The van der Waals surface area contributed by atoms with E-state index in [2.05, 4.69) is 5.16 Å². The van der Waals surface area contributed by atoms with Crippen molar-refractivity contribution < 1.29 is 27.5 Å². The number of carbonyl (C=O) groups is 1. The van der Waals surface area contributed by atoms with Gasteiger partial charge in [-0.1, -0.05) is 17.3 Å². The topological polar surface area (TPSA) is 94.5 Å². The van der Waals surface area contributed by atoms with E-state index in [1.807, 2.05) is 6.07 Å². The minimum absolute atomic E-state index is 0.0269. The Hall–Kier alpha value is -3.07. The number of methoxy groups -OCH3 is 2. The normalized spacial score (nSPS) is 19.8. The second-order valence-corrected chi connectivity index (χ2v) is 8.21. The molecule has 1 amide bonds. The molecule has 0 saturated heterocycles. The van der Waals surface area contributed by atoms with Crippen LogP contribution in [0.4, 0.5) is 0 Å². The summed E-state index contributed by atoms with van der Waals surface area (Å²) in [5.74, 6) is 0.603. The van der Waals surface area contributed by atoms with Gasteiger partial charge in [-0.05, 0) is 30.3 Å². The van der Waals surface area contributed by atoms with E-state index >= 15 is 0 Å². The lowest BCUT2D eigenvalue weighted by molar-refractivity contribution is 0.0599. The summed E-state index contributed by atoms with van der Waals surface area (Å²) >= 11 is 0. The minimum atomic E-state index is -3.87. The number of fused-ring (bicyclic) bond motifs is 1. The van der Waals surface area contributed by atoms with E-state index in [4.69, 9.17) is 14.3 Å². The molecule has 0 aromatic heterocycles. The van der Waals surface area contributed by atoms with E-state index < -0.39 is 22.0 Å². The van der Waals surface area contributed by atoms with E-state index in [9.17, 15) is 13.2 Å². The zero-order valence-electron chi connectivity index (χ0n) is 15.3. The summed E-state index contributed by atoms with van der Waals surface area (Å²) in [6.45, 7) is -0.101. The second kappa shape index (κ2) is 6.83. The molecule has 9 heteroatoms.